The Hall–Kier alpha value is -1.62. The van der Waals surface area contributed by atoms with Crippen LogP contribution in [-0.2, 0) is 0 Å². The van der Waals surface area contributed by atoms with Gasteiger partial charge in [-0.2, -0.15) is 10.1 Å². The van der Waals surface area contributed by atoms with E-state index in [2.05, 4.69) is 20.4 Å². The molecule has 0 aromatic carbocycles. The molecule has 0 amide bonds. The third kappa shape index (κ3) is 1.74. The van der Waals surface area contributed by atoms with Gasteiger partial charge in [0.05, 0.1) is 16.4 Å². The summed E-state index contributed by atoms with van der Waals surface area (Å²) in [4.78, 5) is 8.34. The molecule has 0 aliphatic carbocycles. The molecule has 2 aromatic heterocycles. The predicted octanol–water partition coefficient (Wildman–Crippen LogP) is 1.97. The van der Waals surface area contributed by atoms with Gasteiger partial charge in [-0.25, -0.2) is 9.67 Å². The first-order chi connectivity index (χ1) is 7.63. The van der Waals surface area contributed by atoms with Crippen LogP contribution in [0.5, 0.6) is 0 Å². The van der Waals surface area contributed by atoms with Gasteiger partial charge in [-0.15, -0.1) is 0 Å². The molecule has 1 N–H and O–H groups in total. The Bertz CT molecular complexity index is 520. The second-order valence-electron chi connectivity index (χ2n) is 3.39. The number of hydrogen-bond acceptors (Lipinski definition) is 4. The van der Waals surface area contributed by atoms with Crippen molar-refractivity contribution in [3.8, 4) is 5.82 Å². The maximum Gasteiger partial charge on any atom is 0.224 e. The van der Waals surface area contributed by atoms with Crippen LogP contribution in [0.3, 0.4) is 0 Å². The van der Waals surface area contributed by atoms with E-state index in [1.807, 2.05) is 13.8 Å². The molecule has 2 rings (SSSR count). The van der Waals surface area contributed by atoms with E-state index < -0.39 is 0 Å². The summed E-state index contributed by atoms with van der Waals surface area (Å²) in [6.07, 6.45) is 1.68. The molecule has 0 aliphatic heterocycles. The highest BCUT2D eigenvalue weighted by atomic mass is 35.5. The van der Waals surface area contributed by atoms with E-state index in [1.165, 1.54) is 0 Å². The van der Waals surface area contributed by atoms with E-state index >= 15 is 0 Å². The molecular weight excluding hydrogens is 226 g/mol. The van der Waals surface area contributed by atoms with E-state index in [0.717, 1.165) is 11.4 Å². The fraction of sp³-hybridized carbons (Fsp3) is 0.300. The summed E-state index contributed by atoms with van der Waals surface area (Å²) in [5, 5.41) is 7.87. The fourth-order valence-electron chi connectivity index (χ4n) is 1.43. The van der Waals surface area contributed by atoms with Crippen LogP contribution in [0.15, 0.2) is 12.3 Å². The Morgan fingerprint density at radius 2 is 2.12 bits per heavy atom. The Balaban J connectivity index is 2.54. The van der Waals surface area contributed by atoms with Gasteiger partial charge in [0, 0.05) is 19.3 Å². The normalized spacial score (nSPS) is 10.5. The van der Waals surface area contributed by atoms with Crippen molar-refractivity contribution < 1.29 is 0 Å². The van der Waals surface area contributed by atoms with E-state index in [-0.39, 0.29) is 0 Å². The van der Waals surface area contributed by atoms with Crippen LogP contribution in [0.2, 0.25) is 5.02 Å². The molecule has 2 heterocycles. The average Bonchev–Trinajstić information content (AvgIpc) is 2.57. The SMILES string of the molecule is CNc1nccc(-n2nc(C)c(Cl)c2C)n1. The maximum atomic E-state index is 6.08. The van der Waals surface area contributed by atoms with Gasteiger partial charge >= 0.3 is 0 Å². The quantitative estimate of drug-likeness (QED) is 0.868. The summed E-state index contributed by atoms with van der Waals surface area (Å²) < 4.78 is 1.71. The maximum absolute atomic E-state index is 6.08. The molecule has 0 fully saturated rings. The molecule has 0 atom stereocenters. The van der Waals surface area contributed by atoms with Gasteiger partial charge < -0.3 is 5.32 Å². The summed E-state index contributed by atoms with van der Waals surface area (Å²) in [5.74, 6) is 1.26. The van der Waals surface area contributed by atoms with Crippen molar-refractivity contribution in [2.75, 3.05) is 12.4 Å². The van der Waals surface area contributed by atoms with E-state index in [9.17, 15) is 0 Å². The zero-order valence-corrected chi connectivity index (χ0v) is 10.1. The highest BCUT2D eigenvalue weighted by Gasteiger charge is 2.11. The predicted molar refractivity (Wildman–Crippen MR) is 63.2 cm³/mol. The lowest BCUT2D eigenvalue weighted by atomic mass is 10.4. The number of halogens is 1. The minimum atomic E-state index is 0.557. The van der Waals surface area contributed by atoms with Crippen molar-refractivity contribution in [2.45, 2.75) is 13.8 Å². The van der Waals surface area contributed by atoms with Crippen molar-refractivity contribution in [2.24, 2.45) is 0 Å². The molecule has 0 aliphatic rings. The lowest BCUT2D eigenvalue weighted by Gasteiger charge is -2.04. The molecule has 0 saturated carbocycles. The molecule has 0 radical (unpaired) electrons. The highest BCUT2D eigenvalue weighted by molar-refractivity contribution is 6.31. The van der Waals surface area contributed by atoms with Gasteiger partial charge in [0.2, 0.25) is 5.95 Å². The lowest BCUT2D eigenvalue weighted by molar-refractivity contribution is 0.802. The first kappa shape index (κ1) is 10.9. The molecule has 5 nitrogen and oxygen atoms in total. The smallest absolute Gasteiger partial charge is 0.224 e. The number of rotatable bonds is 2. The van der Waals surface area contributed by atoms with Crippen LogP contribution < -0.4 is 5.32 Å². The Kier molecular flexibility index (Phi) is 2.78. The Morgan fingerprint density at radius 1 is 1.38 bits per heavy atom. The largest absolute Gasteiger partial charge is 0.357 e. The summed E-state index contributed by atoms with van der Waals surface area (Å²) >= 11 is 6.08. The number of aryl methyl sites for hydroxylation is 1. The molecular formula is C10H12ClN5. The van der Waals surface area contributed by atoms with Crippen LogP contribution in [0, 0.1) is 13.8 Å². The number of nitrogens with zero attached hydrogens (tertiary/aromatic N) is 4. The third-order valence-corrected chi connectivity index (χ3v) is 2.83. The number of nitrogens with one attached hydrogen (secondary N) is 1. The van der Waals surface area contributed by atoms with Gasteiger partial charge in [-0.3, -0.25) is 0 Å². The van der Waals surface area contributed by atoms with Crippen molar-refractivity contribution in [3.63, 3.8) is 0 Å². The number of anilines is 1. The van der Waals surface area contributed by atoms with E-state index in [4.69, 9.17) is 11.6 Å². The molecule has 6 heteroatoms. The fourth-order valence-corrected chi connectivity index (χ4v) is 1.55. The minimum absolute atomic E-state index is 0.557. The molecule has 84 valence electrons. The Labute approximate surface area is 98.5 Å². The molecule has 0 bridgehead atoms. The first-order valence-corrected chi connectivity index (χ1v) is 5.24. The molecule has 0 unspecified atom stereocenters. The second-order valence-corrected chi connectivity index (χ2v) is 3.76. The average molecular weight is 238 g/mol. The highest BCUT2D eigenvalue weighted by Crippen LogP contribution is 2.21. The molecule has 0 spiro atoms. The summed E-state index contributed by atoms with van der Waals surface area (Å²) in [5.41, 5.74) is 1.67. The van der Waals surface area contributed by atoms with E-state index in [0.29, 0.717) is 16.8 Å². The zero-order chi connectivity index (χ0) is 11.7. The second kappa shape index (κ2) is 4.09. The molecule has 2 aromatic rings. The molecule has 16 heavy (non-hydrogen) atoms. The van der Waals surface area contributed by atoms with Gasteiger partial charge in [0.25, 0.3) is 0 Å². The van der Waals surface area contributed by atoms with Crippen LogP contribution in [0.25, 0.3) is 5.82 Å². The van der Waals surface area contributed by atoms with Crippen LogP contribution in [0.1, 0.15) is 11.4 Å². The zero-order valence-electron chi connectivity index (χ0n) is 9.32. The standard InChI is InChI=1S/C10H12ClN5/c1-6-9(11)7(2)16(15-6)8-4-5-13-10(12-3)14-8/h4-5H,1-3H3,(H,12,13,14). The van der Waals surface area contributed by atoms with Gasteiger partial charge in [0.15, 0.2) is 5.82 Å². The van der Waals surface area contributed by atoms with Crippen molar-refractivity contribution in [3.05, 3.63) is 28.7 Å². The van der Waals surface area contributed by atoms with Gasteiger partial charge in [0.1, 0.15) is 0 Å². The first-order valence-electron chi connectivity index (χ1n) is 4.86. The summed E-state index contributed by atoms with van der Waals surface area (Å²) in [6.45, 7) is 3.77. The molecule has 0 saturated heterocycles. The van der Waals surface area contributed by atoms with E-state index in [1.54, 1.807) is 24.0 Å². The number of aromatic nitrogens is 4. The van der Waals surface area contributed by atoms with Crippen molar-refractivity contribution in [1.29, 1.82) is 0 Å². The Morgan fingerprint density at radius 3 is 2.69 bits per heavy atom. The third-order valence-electron chi connectivity index (χ3n) is 2.28. The lowest BCUT2D eigenvalue weighted by Crippen LogP contribution is -2.05. The number of hydrogen-bond donors (Lipinski definition) is 1. The van der Waals surface area contributed by atoms with Crippen molar-refractivity contribution >= 4 is 17.5 Å². The monoisotopic (exact) mass is 237 g/mol. The topological polar surface area (TPSA) is 55.6 Å². The minimum Gasteiger partial charge on any atom is -0.357 e. The van der Waals surface area contributed by atoms with Crippen LogP contribution in [-0.4, -0.2) is 26.8 Å². The van der Waals surface area contributed by atoms with Gasteiger partial charge in [-0.1, -0.05) is 11.6 Å². The van der Waals surface area contributed by atoms with Crippen LogP contribution >= 0.6 is 11.6 Å². The van der Waals surface area contributed by atoms with Crippen molar-refractivity contribution in [1.82, 2.24) is 19.7 Å². The van der Waals surface area contributed by atoms with Crippen LogP contribution in [0.4, 0.5) is 5.95 Å². The summed E-state index contributed by atoms with van der Waals surface area (Å²) in [7, 11) is 1.77. The summed E-state index contributed by atoms with van der Waals surface area (Å²) in [6, 6.07) is 1.79. The van der Waals surface area contributed by atoms with Gasteiger partial charge in [-0.05, 0) is 13.8 Å².